The van der Waals surface area contributed by atoms with Crippen molar-refractivity contribution in [3.8, 4) is 0 Å². The maximum atomic E-state index is 12.0. The smallest absolute Gasteiger partial charge is 0.330 e. The molecule has 2 rings (SSSR count). The van der Waals surface area contributed by atoms with Gasteiger partial charge in [-0.1, -0.05) is 13.8 Å². The van der Waals surface area contributed by atoms with Gasteiger partial charge in [0.2, 0.25) is 0 Å². The number of aliphatic hydroxyl groups excluding tert-OH is 3. The van der Waals surface area contributed by atoms with E-state index in [-0.39, 0.29) is 0 Å². The number of aromatic nitrogens is 2. The summed E-state index contributed by atoms with van der Waals surface area (Å²) in [4.78, 5) is 25.2. The molecule has 1 aliphatic heterocycles. The molecule has 20 heavy (non-hydrogen) atoms. The molecule has 0 amide bonds. The Morgan fingerprint density at radius 2 is 2.10 bits per heavy atom. The average molecular weight is 286 g/mol. The largest absolute Gasteiger partial charge is 0.394 e. The molecule has 0 aliphatic carbocycles. The lowest BCUT2D eigenvalue weighted by molar-refractivity contribution is -0.178. The molecule has 4 atom stereocenters. The third kappa shape index (κ3) is 2.01. The Labute approximate surface area is 114 Å². The highest BCUT2D eigenvalue weighted by molar-refractivity contribution is 5.03. The summed E-state index contributed by atoms with van der Waals surface area (Å²) < 4.78 is 6.63. The zero-order valence-corrected chi connectivity index (χ0v) is 11.2. The first kappa shape index (κ1) is 14.9. The summed E-state index contributed by atoms with van der Waals surface area (Å²) in [6.07, 6.45) is -2.55. The minimum atomic E-state index is -1.55. The molecule has 1 aliphatic rings. The summed E-state index contributed by atoms with van der Waals surface area (Å²) in [6, 6.07) is 1.13. The van der Waals surface area contributed by atoms with E-state index in [0.29, 0.717) is 0 Å². The van der Waals surface area contributed by atoms with E-state index in [9.17, 15) is 24.9 Å². The number of ether oxygens (including phenoxy) is 1. The number of H-pyrrole nitrogens is 1. The Kier molecular flexibility index (Phi) is 3.83. The highest BCUT2D eigenvalue weighted by atomic mass is 16.6. The van der Waals surface area contributed by atoms with Crippen LogP contribution >= 0.6 is 0 Å². The summed E-state index contributed by atoms with van der Waals surface area (Å²) in [6.45, 7) is 2.91. The molecule has 8 heteroatoms. The Balaban J connectivity index is 2.62. The minimum Gasteiger partial charge on any atom is -0.394 e. The van der Waals surface area contributed by atoms with Crippen molar-refractivity contribution < 1.29 is 20.1 Å². The van der Waals surface area contributed by atoms with Gasteiger partial charge in [0.25, 0.3) is 5.56 Å². The second kappa shape index (κ2) is 5.13. The fourth-order valence-electron chi connectivity index (χ4n) is 2.62. The SMILES string of the molecule is CC(C)[C@@]1(n2ccc(=O)[nH]c2=O)O[C@H](CO)[C@@H](O)[C@H]1O. The molecular formula is C12H18N2O6. The molecule has 0 aromatic carbocycles. The number of hydrogen-bond acceptors (Lipinski definition) is 6. The van der Waals surface area contributed by atoms with E-state index in [4.69, 9.17) is 4.74 Å². The summed E-state index contributed by atoms with van der Waals surface area (Å²) in [5.41, 5.74) is -2.87. The number of nitrogens with zero attached hydrogens (tertiary/aromatic N) is 1. The first-order chi connectivity index (χ1) is 9.34. The van der Waals surface area contributed by atoms with E-state index in [1.165, 1.54) is 6.20 Å². The fraction of sp³-hybridized carbons (Fsp3) is 0.667. The van der Waals surface area contributed by atoms with Crippen LogP contribution in [0.1, 0.15) is 13.8 Å². The van der Waals surface area contributed by atoms with Crippen molar-refractivity contribution in [2.24, 2.45) is 5.92 Å². The Morgan fingerprint density at radius 3 is 2.55 bits per heavy atom. The van der Waals surface area contributed by atoms with Crippen LogP contribution in [0.25, 0.3) is 0 Å². The molecular weight excluding hydrogens is 268 g/mol. The molecule has 0 bridgehead atoms. The molecule has 4 N–H and O–H groups in total. The van der Waals surface area contributed by atoms with Crippen LogP contribution in [-0.2, 0) is 10.5 Å². The molecule has 0 radical (unpaired) electrons. The molecule has 1 saturated heterocycles. The lowest BCUT2D eigenvalue weighted by Gasteiger charge is -2.37. The second-order valence-electron chi connectivity index (χ2n) is 5.16. The number of aromatic amines is 1. The van der Waals surface area contributed by atoms with Crippen molar-refractivity contribution in [1.82, 2.24) is 9.55 Å². The molecule has 0 saturated carbocycles. The summed E-state index contributed by atoms with van der Waals surface area (Å²) in [5.74, 6) is -0.396. The van der Waals surface area contributed by atoms with Crippen molar-refractivity contribution in [3.63, 3.8) is 0 Å². The molecule has 0 spiro atoms. The van der Waals surface area contributed by atoms with Crippen LogP contribution in [0.5, 0.6) is 0 Å². The van der Waals surface area contributed by atoms with Gasteiger partial charge < -0.3 is 20.1 Å². The van der Waals surface area contributed by atoms with Crippen LogP contribution in [0.2, 0.25) is 0 Å². The number of aliphatic hydroxyl groups is 3. The first-order valence-electron chi connectivity index (χ1n) is 6.32. The highest BCUT2D eigenvalue weighted by Crippen LogP contribution is 2.40. The highest BCUT2D eigenvalue weighted by Gasteiger charge is 2.57. The van der Waals surface area contributed by atoms with Gasteiger partial charge in [-0.2, -0.15) is 0 Å². The third-order valence-electron chi connectivity index (χ3n) is 3.68. The topological polar surface area (TPSA) is 125 Å². The van der Waals surface area contributed by atoms with Gasteiger partial charge in [0.05, 0.1) is 6.61 Å². The van der Waals surface area contributed by atoms with Crippen LogP contribution in [0.4, 0.5) is 0 Å². The molecule has 2 heterocycles. The van der Waals surface area contributed by atoms with E-state index in [0.717, 1.165) is 10.6 Å². The van der Waals surface area contributed by atoms with Gasteiger partial charge in [0.15, 0.2) is 5.72 Å². The Morgan fingerprint density at radius 1 is 1.45 bits per heavy atom. The summed E-state index contributed by atoms with van der Waals surface area (Å²) in [7, 11) is 0. The van der Waals surface area contributed by atoms with Crippen molar-refractivity contribution in [2.75, 3.05) is 6.61 Å². The van der Waals surface area contributed by atoms with Crippen LogP contribution in [0, 0.1) is 5.92 Å². The molecule has 0 unspecified atom stereocenters. The predicted molar refractivity (Wildman–Crippen MR) is 68.1 cm³/mol. The quantitative estimate of drug-likeness (QED) is 0.507. The van der Waals surface area contributed by atoms with Crippen molar-refractivity contribution >= 4 is 0 Å². The van der Waals surface area contributed by atoms with Gasteiger partial charge in [-0.15, -0.1) is 0 Å². The maximum absolute atomic E-state index is 12.0. The van der Waals surface area contributed by atoms with Gasteiger partial charge in [0.1, 0.15) is 18.3 Å². The van der Waals surface area contributed by atoms with Crippen LogP contribution in [-0.4, -0.2) is 49.8 Å². The minimum absolute atomic E-state index is 0.396. The second-order valence-corrected chi connectivity index (χ2v) is 5.16. The molecule has 112 valence electrons. The van der Waals surface area contributed by atoms with Crippen molar-refractivity contribution in [2.45, 2.75) is 37.9 Å². The number of nitrogens with one attached hydrogen (secondary N) is 1. The maximum Gasteiger partial charge on any atom is 0.330 e. The molecule has 1 aromatic heterocycles. The zero-order valence-electron chi connectivity index (χ0n) is 11.2. The first-order valence-corrected chi connectivity index (χ1v) is 6.32. The zero-order chi connectivity index (χ0) is 15.1. The van der Waals surface area contributed by atoms with E-state index in [2.05, 4.69) is 4.98 Å². The van der Waals surface area contributed by atoms with E-state index in [1.54, 1.807) is 13.8 Å². The summed E-state index contributed by atoms with van der Waals surface area (Å²) >= 11 is 0. The molecule has 1 fully saturated rings. The number of hydrogen-bond donors (Lipinski definition) is 4. The monoisotopic (exact) mass is 286 g/mol. The van der Waals surface area contributed by atoms with Gasteiger partial charge >= 0.3 is 5.69 Å². The van der Waals surface area contributed by atoms with E-state index < -0.39 is 47.8 Å². The normalized spacial score (nSPS) is 33.8. The van der Waals surface area contributed by atoms with Gasteiger partial charge in [0, 0.05) is 18.2 Å². The van der Waals surface area contributed by atoms with Gasteiger partial charge in [-0.3, -0.25) is 14.3 Å². The lowest BCUT2D eigenvalue weighted by atomic mass is 9.91. The molecule has 8 nitrogen and oxygen atoms in total. The van der Waals surface area contributed by atoms with Gasteiger partial charge in [-0.05, 0) is 0 Å². The van der Waals surface area contributed by atoms with Crippen LogP contribution in [0.3, 0.4) is 0 Å². The Bertz CT molecular complexity index is 594. The van der Waals surface area contributed by atoms with Gasteiger partial charge in [-0.25, -0.2) is 4.79 Å². The fourth-order valence-corrected chi connectivity index (χ4v) is 2.62. The van der Waals surface area contributed by atoms with E-state index >= 15 is 0 Å². The average Bonchev–Trinajstić information content (AvgIpc) is 2.64. The van der Waals surface area contributed by atoms with E-state index in [1.807, 2.05) is 0 Å². The standard InChI is InChI=1S/C12H18N2O6/c1-6(2)12(10(18)9(17)7(5-15)20-12)14-4-3-8(16)13-11(14)19/h3-4,6-7,9-10,15,17-18H,5H2,1-2H3,(H,13,16,19)/t7-,9-,10-,12-/m1/s1. The summed E-state index contributed by atoms with van der Waals surface area (Å²) in [5, 5.41) is 29.4. The predicted octanol–water partition coefficient (Wildman–Crippen LogP) is -2.04. The van der Waals surface area contributed by atoms with Crippen LogP contribution in [0.15, 0.2) is 21.9 Å². The molecule has 1 aromatic rings. The third-order valence-corrected chi connectivity index (χ3v) is 3.68. The Hall–Kier alpha value is -1.48. The van der Waals surface area contributed by atoms with Crippen molar-refractivity contribution in [3.05, 3.63) is 33.1 Å². The lowest BCUT2D eigenvalue weighted by Crippen LogP contribution is -2.54. The number of rotatable bonds is 3. The van der Waals surface area contributed by atoms with Crippen LogP contribution < -0.4 is 11.2 Å². The van der Waals surface area contributed by atoms with Crippen molar-refractivity contribution in [1.29, 1.82) is 0 Å².